The molecule has 0 spiro atoms. The van der Waals surface area contributed by atoms with Crippen LogP contribution in [-0.4, -0.2) is 29.9 Å². The molecule has 2 rings (SSSR count). The quantitative estimate of drug-likeness (QED) is 0.912. The summed E-state index contributed by atoms with van der Waals surface area (Å²) in [5.41, 5.74) is 0.737. The van der Waals surface area contributed by atoms with E-state index in [0.29, 0.717) is 5.88 Å². The molecule has 1 aliphatic rings. The Balaban J connectivity index is 2.35. The lowest BCUT2D eigenvalue weighted by atomic mass is 10.3. The summed E-state index contributed by atoms with van der Waals surface area (Å²) in [4.78, 5) is 11.1. The molecule has 1 heterocycles. The van der Waals surface area contributed by atoms with Crippen molar-refractivity contribution < 1.29 is 14.6 Å². The van der Waals surface area contributed by atoms with Gasteiger partial charge in [0.25, 0.3) is 0 Å². The second-order valence-corrected chi connectivity index (χ2v) is 4.32. The number of amides is 1. The van der Waals surface area contributed by atoms with Crippen LogP contribution in [0.2, 0.25) is 0 Å². The van der Waals surface area contributed by atoms with E-state index in [9.17, 15) is 4.79 Å². The highest BCUT2D eigenvalue weighted by Crippen LogP contribution is 2.27. The molecule has 17 heavy (non-hydrogen) atoms. The van der Waals surface area contributed by atoms with Crippen LogP contribution >= 0.6 is 15.9 Å². The third-order valence-corrected chi connectivity index (χ3v) is 2.92. The first-order chi connectivity index (χ1) is 8.13. The lowest BCUT2D eigenvalue weighted by Gasteiger charge is -2.28. The lowest BCUT2D eigenvalue weighted by molar-refractivity contribution is 0.144. The Kier molecular flexibility index (Phi) is 3.23. The molecule has 1 N–H and O–H groups in total. The summed E-state index contributed by atoms with van der Waals surface area (Å²) in [6.45, 7) is 0.286. The molecule has 0 saturated carbocycles. The van der Waals surface area contributed by atoms with Gasteiger partial charge >= 0.3 is 6.09 Å². The molecule has 0 fully saturated rings. The molecular weight excluding hydrogens is 288 g/mol. The predicted molar refractivity (Wildman–Crippen MR) is 66.4 cm³/mol. The Bertz CT molecular complexity index is 458. The van der Waals surface area contributed by atoms with Gasteiger partial charge in [-0.05, 0) is 30.3 Å². The fourth-order valence-electron chi connectivity index (χ4n) is 1.63. The highest BCUT2D eigenvalue weighted by Gasteiger charge is 2.29. The SMILES string of the molecule is COC1=CCN(C(=O)O)N1c1ccc(Br)cc1. The van der Waals surface area contributed by atoms with Crippen LogP contribution < -0.4 is 5.01 Å². The summed E-state index contributed by atoms with van der Waals surface area (Å²) in [5.74, 6) is 0.509. The number of halogens is 1. The third-order valence-electron chi connectivity index (χ3n) is 2.39. The second kappa shape index (κ2) is 4.67. The van der Waals surface area contributed by atoms with Crippen molar-refractivity contribution in [1.82, 2.24) is 5.01 Å². The molecule has 0 unspecified atom stereocenters. The fourth-order valence-corrected chi connectivity index (χ4v) is 1.90. The van der Waals surface area contributed by atoms with E-state index >= 15 is 0 Å². The molecule has 1 aromatic carbocycles. The molecule has 0 aromatic heterocycles. The molecule has 1 amide bonds. The lowest BCUT2D eigenvalue weighted by Crippen LogP contribution is -2.41. The first-order valence-corrected chi connectivity index (χ1v) is 5.73. The molecule has 1 aromatic rings. The van der Waals surface area contributed by atoms with Crippen LogP contribution in [0.3, 0.4) is 0 Å². The second-order valence-electron chi connectivity index (χ2n) is 3.40. The maximum absolute atomic E-state index is 11.1. The standard InChI is InChI=1S/C11H11BrN2O3/c1-17-10-6-7-13(11(15)16)14(10)9-4-2-8(12)3-5-9/h2-6H,7H2,1H3,(H,15,16). The minimum Gasteiger partial charge on any atom is -0.481 e. The van der Waals surface area contributed by atoms with Crippen molar-refractivity contribution in [3.8, 4) is 0 Å². The Morgan fingerprint density at radius 1 is 1.41 bits per heavy atom. The maximum Gasteiger partial charge on any atom is 0.427 e. The number of hydrazine groups is 1. The number of methoxy groups -OCH3 is 1. The first-order valence-electron chi connectivity index (χ1n) is 4.93. The van der Waals surface area contributed by atoms with Crippen LogP contribution in [0.4, 0.5) is 10.5 Å². The average Bonchev–Trinajstić information content (AvgIpc) is 2.73. The van der Waals surface area contributed by atoms with E-state index in [1.165, 1.54) is 17.1 Å². The van der Waals surface area contributed by atoms with Crippen molar-refractivity contribution in [3.05, 3.63) is 40.7 Å². The zero-order valence-electron chi connectivity index (χ0n) is 9.13. The van der Waals surface area contributed by atoms with Gasteiger partial charge in [0.2, 0.25) is 5.88 Å². The van der Waals surface area contributed by atoms with E-state index in [4.69, 9.17) is 9.84 Å². The molecule has 90 valence electrons. The van der Waals surface area contributed by atoms with Crippen LogP contribution in [0.25, 0.3) is 0 Å². The maximum atomic E-state index is 11.1. The minimum atomic E-state index is -1.02. The molecule has 0 saturated heterocycles. The molecule has 0 radical (unpaired) electrons. The van der Waals surface area contributed by atoms with Gasteiger partial charge in [-0.2, -0.15) is 0 Å². The molecule has 0 bridgehead atoms. The predicted octanol–water partition coefficient (Wildman–Crippen LogP) is 2.65. The van der Waals surface area contributed by atoms with Gasteiger partial charge in [-0.3, -0.25) is 0 Å². The van der Waals surface area contributed by atoms with Crippen LogP contribution in [0.5, 0.6) is 0 Å². The zero-order chi connectivity index (χ0) is 12.4. The highest BCUT2D eigenvalue weighted by atomic mass is 79.9. The van der Waals surface area contributed by atoms with E-state index < -0.39 is 6.09 Å². The van der Waals surface area contributed by atoms with Gasteiger partial charge in [0, 0.05) is 4.47 Å². The van der Waals surface area contributed by atoms with Crippen LogP contribution in [0.1, 0.15) is 0 Å². The summed E-state index contributed by atoms with van der Waals surface area (Å²) in [7, 11) is 1.52. The molecule has 0 atom stereocenters. The summed E-state index contributed by atoms with van der Waals surface area (Å²) >= 11 is 3.34. The highest BCUT2D eigenvalue weighted by molar-refractivity contribution is 9.10. The van der Waals surface area contributed by atoms with E-state index in [-0.39, 0.29) is 6.54 Å². The Morgan fingerprint density at radius 3 is 2.59 bits per heavy atom. The van der Waals surface area contributed by atoms with Gasteiger partial charge in [0.15, 0.2) is 0 Å². The first kappa shape index (κ1) is 11.8. The van der Waals surface area contributed by atoms with Crippen molar-refractivity contribution in [3.63, 3.8) is 0 Å². The topological polar surface area (TPSA) is 53.0 Å². The van der Waals surface area contributed by atoms with Gasteiger partial charge in [0.05, 0.1) is 19.3 Å². The molecule has 6 heteroatoms. The monoisotopic (exact) mass is 298 g/mol. The summed E-state index contributed by atoms with van der Waals surface area (Å²) < 4.78 is 6.09. The summed E-state index contributed by atoms with van der Waals surface area (Å²) in [6, 6.07) is 7.33. The fraction of sp³-hybridized carbons (Fsp3) is 0.182. The Labute approximate surface area is 107 Å². The van der Waals surface area contributed by atoms with Gasteiger partial charge < -0.3 is 9.84 Å². The number of anilines is 1. The largest absolute Gasteiger partial charge is 0.481 e. The number of nitrogens with zero attached hydrogens (tertiary/aromatic N) is 2. The summed E-state index contributed by atoms with van der Waals surface area (Å²) in [5, 5.41) is 11.8. The van der Waals surface area contributed by atoms with Crippen molar-refractivity contribution in [2.24, 2.45) is 0 Å². The molecule has 5 nitrogen and oxygen atoms in total. The molecule has 1 aliphatic heterocycles. The number of ether oxygens (including phenoxy) is 1. The number of benzene rings is 1. The summed E-state index contributed by atoms with van der Waals surface area (Å²) in [6.07, 6.45) is 0.701. The van der Waals surface area contributed by atoms with Crippen molar-refractivity contribution in [2.45, 2.75) is 0 Å². The van der Waals surface area contributed by atoms with Gasteiger partial charge in [-0.15, -0.1) is 0 Å². The van der Waals surface area contributed by atoms with E-state index in [2.05, 4.69) is 15.9 Å². The number of hydrogen-bond acceptors (Lipinski definition) is 3. The Hall–Kier alpha value is -1.69. The zero-order valence-corrected chi connectivity index (χ0v) is 10.7. The third kappa shape index (κ3) is 2.21. The van der Waals surface area contributed by atoms with Gasteiger partial charge in [-0.25, -0.2) is 14.8 Å². The van der Waals surface area contributed by atoms with E-state index in [0.717, 1.165) is 10.2 Å². The molecule has 0 aliphatic carbocycles. The number of rotatable bonds is 2. The average molecular weight is 299 g/mol. The van der Waals surface area contributed by atoms with E-state index in [1.807, 2.05) is 24.3 Å². The molecular formula is C11H11BrN2O3. The van der Waals surface area contributed by atoms with Crippen molar-refractivity contribution in [1.29, 1.82) is 0 Å². The van der Waals surface area contributed by atoms with Crippen molar-refractivity contribution in [2.75, 3.05) is 18.7 Å². The van der Waals surface area contributed by atoms with Gasteiger partial charge in [0.1, 0.15) is 0 Å². The number of carbonyl (C=O) groups is 1. The Morgan fingerprint density at radius 2 is 2.06 bits per heavy atom. The minimum absolute atomic E-state index is 0.286. The number of carboxylic acid groups (broad SMARTS) is 1. The van der Waals surface area contributed by atoms with E-state index in [1.54, 1.807) is 6.08 Å². The smallest absolute Gasteiger partial charge is 0.427 e. The number of hydrogen-bond donors (Lipinski definition) is 1. The van der Waals surface area contributed by atoms with Crippen molar-refractivity contribution >= 4 is 27.7 Å². The van der Waals surface area contributed by atoms with Crippen LogP contribution in [0, 0.1) is 0 Å². The van der Waals surface area contributed by atoms with Crippen LogP contribution in [0.15, 0.2) is 40.7 Å². The normalized spacial score (nSPS) is 14.8. The van der Waals surface area contributed by atoms with Gasteiger partial charge in [-0.1, -0.05) is 15.9 Å². The van der Waals surface area contributed by atoms with Crippen LogP contribution in [-0.2, 0) is 4.74 Å².